The predicted molar refractivity (Wildman–Crippen MR) is 82.8 cm³/mol. The fourth-order valence-corrected chi connectivity index (χ4v) is 3.70. The van der Waals surface area contributed by atoms with Crippen molar-refractivity contribution in [3.05, 3.63) is 63.7 Å². The Morgan fingerprint density at radius 2 is 1.56 bits per heavy atom. The molecule has 2 aromatic carbocycles. The molecule has 0 heterocycles. The fraction of sp³-hybridized carbons (Fsp3) is 0.0769. The number of hydrogen-bond donors (Lipinski definition) is 0. The van der Waals surface area contributed by atoms with Crippen molar-refractivity contribution in [3.8, 4) is 0 Å². The second kappa shape index (κ2) is 6.57. The van der Waals surface area contributed by atoms with Crippen molar-refractivity contribution < 1.29 is 0 Å². The first-order valence-electron chi connectivity index (χ1n) is 4.93. The summed E-state index contributed by atoms with van der Waals surface area (Å²) in [5.41, 5.74) is 1.38. The van der Waals surface area contributed by atoms with E-state index in [4.69, 9.17) is 0 Å². The second-order valence-corrected chi connectivity index (χ2v) is 6.90. The van der Waals surface area contributed by atoms with Crippen molar-refractivity contribution in [2.75, 3.05) is 0 Å². The van der Waals surface area contributed by atoms with Gasteiger partial charge >= 0.3 is 0 Å². The third-order valence-electron chi connectivity index (χ3n) is 2.04. The lowest BCUT2D eigenvalue weighted by Crippen LogP contribution is -1.78. The van der Waals surface area contributed by atoms with Gasteiger partial charge in [-0.05, 0) is 52.4 Å². The van der Waals surface area contributed by atoms with Crippen LogP contribution in [0.25, 0.3) is 0 Å². The van der Waals surface area contributed by atoms with E-state index in [-0.39, 0.29) is 0 Å². The summed E-state index contributed by atoms with van der Waals surface area (Å²) in [7, 11) is 3.71. The quantitative estimate of drug-likeness (QED) is 0.542. The summed E-state index contributed by atoms with van der Waals surface area (Å²) in [6.07, 6.45) is 0. The van der Waals surface area contributed by atoms with Crippen LogP contribution in [0.3, 0.4) is 0 Å². The summed E-state index contributed by atoms with van der Waals surface area (Å²) in [5.74, 6) is 1.05. The third kappa shape index (κ3) is 4.03. The van der Waals surface area contributed by atoms with Gasteiger partial charge in [0.05, 0.1) is 0 Å². The van der Waals surface area contributed by atoms with E-state index in [0.29, 0.717) is 0 Å². The lowest BCUT2D eigenvalue weighted by molar-refractivity contribution is 1.41. The van der Waals surface area contributed by atoms with Crippen LogP contribution in [-0.4, -0.2) is 0 Å². The lowest BCUT2D eigenvalue weighted by atomic mass is 10.2. The monoisotopic (exact) mass is 358 g/mol. The van der Waals surface area contributed by atoms with E-state index >= 15 is 0 Å². The van der Waals surface area contributed by atoms with E-state index < -0.39 is 0 Å². The molecule has 0 unspecified atom stereocenters. The van der Waals surface area contributed by atoms with Crippen LogP contribution in [0.1, 0.15) is 5.56 Å². The van der Waals surface area contributed by atoms with Crippen LogP contribution >= 0.6 is 44.2 Å². The molecule has 0 aliphatic rings. The molecule has 2 aromatic rings. The van der Waals surface area contributed by atoms with Gasteiger partial charge in [-0.3, -0.25) is 0 Å². The summed E-state index contributed by atoms with van der Waals surface area (Å²) in [6, 6.07) is 19.2. The predicted octanol–water partition coefficient (Wildman–Crippen LogP) is 5.23. The summed E-state index contributed by atoms with van der Waals surface area (Å²) < 4.78 is 1.29. The summed E-state index contributed by atoms with van der Waals surface area (Å²) >= 11 is 2.33. The molecule has 0 saturated heterocycles. The zero-order chi connectivity index (χ0) is 11.2. The first-order valence-corrected chi connectivity index (χ1v) is 8.33. The van der Waals surface area contributed by atoms with Crippen molar-refractivity contribution in [2.24, 2.45) is 0 Å². The average Bonchev–Trinajstić information content (AvgIpc) is 2.33. The van der Waals surface area contributed by atoms with E-state index in [2.05, 4.69) is 71.1 Å². The molecule has 0 amide bonds. The molecule has 0 fully saturated rings. The standard InChI is InChI=1S/C13H11IS2/c14-12-8-6-11(7-9-12)10-15-16-13-4-2-1-3-5-13/h1-9H,10H2. The van der Waals surface area contributed by atoms with Gasteiger partial charge in [-0.25, -0.2) is 0 Å². The Labute approximate surface area is 118 Å². The topological polar surface area (TPSA) is 0 Å². The molecule has 0 spiro atoms. The van der Waals surface area contributed by atoms with Crippen LogP contribution < -0.4 is 0 Å². The maximum absolute atomic E-state index is 2.33. The highest BCUT2D eigenvalue weighted by atomic mass is 127. The minimum atomic E-state index is 1.05. The van der Waals surface area contributed by atoms with Crippen LogP contribution in [0, 0.1) is 3.57 Å². The molecule has 16 heavy (non-hydrogen) atoms. The van der Waals surface area contributed by atoms with Crippen molar-refractivity contribution in [2.45, 2.75) is 10.6 Å². The molecule has 3 heteroatoms. The van der Waals surface area contributed by atoms with Crippen LogP contribution in [0.4, 0.5) is 0 Å². The van der Waals surface area contributed by atoms with E-state index in [0.717, 1.165) is 5.75 Å². The molecular weight excluding hydrogens is 347 g/mol. The van der Waals surface area contributed by atoms with E-state index in [1.807, 2.05) is 27.7 Å². The van der Waals surface area contributed by atoms with E-state index in [9.17, 15) is 0 Å². The van der Waals surface area contributed by atoms with Crippen LogP contribution in [-0.2, 0) is 5.75 Å². The molecular formula is C13H11IS2. The van der Waals surface area contributed by atoms with Gasteiger partial charge in [0.15, 0.2) is 0 Å². The highest BCUT2D eigenvalue weighted by Crippen LogP contribution is 2.33. The smallest absolute Gasteiger partial charge is 0.0292 e. The summed E-state index contributed by atoms with van der Waals surface area (Å²) in [4.78, 5) is 1.32. The molecule has 0 aliphatic heterocycles. The second-order valence-electron chi connectivity index (χ2n) is 3.29. The van der Waals surface area contributed by atoms with Gasteiger partial charge in [-0.2, -0.15) is 0 Å². The van der Waals surface area contributed by atoms with Gasteiger partial charge < -0.3 is 0 Å². The maximum Gasteiger partial charge on any atom is 0.0292 e. The Balaban J connectivity index is 1.82. The van der Waals surface area contributed by atoms with E-state index in [1.165, 1.54) is 14.0 Å². The SMILES string of the molecule is Ic1ccc(CSSc2ccccc2)cc1. The molecule has 0 aromatic heterocycles. The number of rotatable bonds is 4. The number of hydrogen-bond acceptors (Lipinski definition) is 2. The summed E-state index contributed by atoms with van der Waals surface area (Å²) in [5, 5.41) is 0. The zero-order valence-electron chi connectivity index (χ0n) is 8.60. The van der Waals surface area contributed by atoms with Crippen molar-refractivity contribution in [1.82, 2.24) is 0 Å². The van der Waals surface area contributed by atoms with Crippen molar-refractivity contribution in [3.63, 3.8) is 0 Å². The fourth-order valence-electron chi connectivity index (χ4n) is 1.22. The molecule has 0 nitrogen and oxygen atoms in total. The minimum absolute atomic E-state index is 1.05. The van der Waals surface area contributed by atoms with Gasteiger partial charge in [0.2, 0.25) is 0 Å². The normalized spacial score (nSPS) is 10.3. The Bertz CT molecular complexity index is 425. The first kappa shape index (κ1) is 12.3. The highest BCUT2D eigenvalue weighted by molar-refractivity contribution is 14.1. The van der Waals surface area contributed by atoms with Crippen LogP contribution in [0.2, 0.25) is 0 Å². The average molecular weight is 358 g/mol. The Hall–Kier alpha value is -0.130. The molecule has 0 radical (unpaired) electrons. The molecule has 82 valence electrons. The van der Waals surface area contributed by atoms with Gasteiger partial charge in [0, 0.05) is 14.2 Å². The number of halogens is 1. The minimum Gasteiger partial charge on any atom is -0.0841 e. The molecule has 0 bridgehead atoms. The van der Waals surface area contributed by atoms with Gasteiger partial charge in [0.25, 0.3) is 0 Å². The zero-order valence-corrected chi connectivity index (χ0v) is 12.4. The molecule has 0 saturated carbocycles. The summed E-state index contributed by atoms with van der Waals surface area (Å²) in [6.45, 7) is 0. The highest BCUT2D eigenvalue weighted by Gasteiger charge is 1.96. The largest absolute Gasteiger partial charge is 0.0841 e. The van der Waals surface area contributed by atoms with Gasteiger partial charge in [-0.15, -0.1) is 0 Å². The Morgan fingerprint density at radius 3 is 2.25 bits per heavy atom. The first-order chi connectivity index (χ1) is 7.84. The van der Waals surface area contributed by atoms with E-state index in [1.54, 1.807) is 0 Å². The lowest BCUT2D eigenvalue weighted by Gasteiger charge is -2.01. The van der Waals surface area contributed by atoms with Gasteiger partial charge in [-0.1, -0.05) is 51.9 Å². The Morgan fingerprint density at radius 1 is 0.875 bits per heavy atom. The van der Waals surface area contributed by atoms with Crippen LogP contribution in [0.15, 0.2) is 59.5 Å². The third-order valence-corrected chi connectivity index (χ3v) is 5.07. The van der Waals surface area contributed by atoms with Gasteiger partial charge in [0.1, 0.15) is 0 Å². The number of benzene rings is 2. The maximum atomic E-state index is 2.33. The Kier molecular flexibility index (Phi) is 5.06. The van der Waals surface area contributed by atoms with Crippen LogP contribution in [0.5, 0.6) is 0 Å². The molecule has 0 N–H and O–H groups in total. The molecule has 0 aliphatic carbocycles. The molecule has 0 atom stereocenters. The van der Waals surface area contributed by atoms with Crippen molar-refractivity contribution >= 4 is 44.2 Å². The molecule has 2 rings (SSSR count). The van der Waals surface area contributed by atoms with Crippen molar-refractivity contribution in [1.29, 1.82) is 0 Å².